The van der Waals surface area contributed by atoms with E-state index in [4.69, 9.17) is 5.26 Å². The Bertz CT molecular complexity index is 709. The summed E-state index contributed by atoms with van der Waals surface area (Å²) in [5.74, 6) is -2.88. The summed E-state index contributed by atoms with van der Waals surface area (Å²) in [5, 5.41) is 9.16. The zero-order valence-electron chi connectivity index (χ0n) is 10.1. The molecule has 0 heterocycles. The summed E-state index contributed by atoms with van der Waals surface area (Å²) in [6, 6.07) is 11.1. The van der Waals surface area contributed by atoms with Gasteiger partial charge in [0.25, 0.3) is 0 Å². The Hall–Kier alpha value is -2.06. The third kappa shape index (κ3) is 2.75. The summed E-state index contributed by atoms with van der Waals surface area (Å²) in [4.78, 5) is 12.3. The molecule has 0 aromatic heterocycles. The monoisotopic (exact) mass is 335 g/mol. The molecule has 2 aromatic carbocycles. The van der Waals surface area contributed by atoms with E-state index in [2.05, 4.69) is 15.9 Å². The molecular weight excluding hydrogens is 328 g/mol. The van der Waals surface area contributed by atoms with Crippen LogP contribution in [0.1, 0.15) is 21.8 Å². The van der Waals surface area contributed by atoms with Crippen LogP contribution < -0.4 is 0 Å². The molecule has 0 aliphatic heterocycles. The summed E-state index contributed by atoms with van der Waals surface area (Å²) >= 11 is 2.99. The highest BCUT2D eigenvalue weighted by atomic mass is 79.9. The molecule has 0 amide bonds. The minimum atomic E-state index is -1.18. The number of rotatable bonds is 3. The summed E-state index contributed by atoms with van der Waals surface area (Å²) in [5.41, 5.74) is 0.300. The summed E-state index contributed by atoms with van der Waals surface area (Å²) in [6.07, 6.45) is 0. The number of carbonyl (C=O) groups excluding carboxylic acids is 1. The van der Waals surface area contributed by atoms with E-state index in [1.54, 1.807) is 0 Å². The van der Waals surface area contributed by atoms with Crippen molar-refractivity contribution in [3.63, 3.8) is 0 Å². The Morgan fingerprint density at radius 2 is 1.90 bits per heavy atom. The molecule has 0 aliphatic carbocycles. The topological polar surface area (TPSA) is 40.9 Å². The van der Waals surface area contributed by atoms with Gasteiger partial charge in [0.1, 0.15) is 17.6 Å². The van der Waals surface area contributed by atoms with Crippen molar-refractivity contribution in [2.24, 2.45) is 0 Å². The standard InChI is InChI=1S/C15H8BrF2NO/c16-14-11(5-2-6-13(14)18)15(20)12(8-19)9-3-1-4-10(17)7-9/h1-7,12H. The van der Waals surface area contributed by atoms with Crippen molar-refractivity contribution in [1.82, 2.24) is 0 Å². The van der Waals surface area contributed by atoms with Gasteiger partial charge < -0.3 is 0 Å². The van der Waals surface area contributed by atoms with Crippen LogP contribution in [0.2, 0.25) is 0 Å². The summed E-state index contributed by atoms with van der Waals surface area (Å²) < 4.78 is 26.6. The van der Waals surface area contributed by atoms with Gasteiger partial charge >= 0.3 is 0 Å². The molecule has 0 aliphatic rings. The normalized spacial score (nSPS) is 11.7. The zero-order valence-corrected chi connectivity index (χ0v) is 11.7. The number of nitrogens with zero attached hydrogens (tertiary/aromatic N) is 1. The average molecular weight is 336 g/mol. The molecule has 0 bridgehead atoms. The van der Waals surface area contributed by atoms with Gasteiger partial charge in [-0.1, -0.05) is 18.2 Å². The molecule has 0 fully saturated rings. The first kappa shape index (κ1) is 14.4. The van der Waals surface area contributed by atoms with Gasteiger partial charge in [-0.3, -0.25) is 4.79 Å². The van der Waals surface area contributed by atoms with Crippen molar-refractivity contribution in [3.05, 3.63) is 69.7 Å². The highest BCUT2D eigenvalue weighted by molar-refractivity contribution is 9.10. The predicted molar refractivity (Wildman–Crippen MR) is 73.2 cm³/mol. The SMILES string of the molecule is N#CC(C(=O)c1cccc(F)c1Br)c1cccc(F)c1. The lowest BCUT2D eigenvalue weighted by Crippen LogP contribution is -2.12. The Balaban J connectivity index is 2.45. The highest BCUT2D eigenvalue weighted by Crippen LogP contribution is 2.27. The number of Topliss-reactive ketones (excluding diaryl/α,β-unsaturated/α-hetero) is 1. The van der Waals surface area contributed by atoms with Gasteiger partial charge in [0.2, 0.25) is 0 Å². The number of nitriles is 1. The number of hydrogen-bond donors (Lipinski definition) is 0. The third-order valence-corrected chi connectivity index (χ3v) is 3.60. The molecule has 0 N–H and O–H groups in total. The average Bonchev–Trinajstić information content (AvgIpc) is 2.42. The lowest BCUT2D eigenvalue weighted by atomic mass is 9.92. The van der Waals surface area contributed by atoms with Crippen molar-refractivity contribution >= 4 is 21.7 Å². The molecule has 1 unspecified atom stereocenters. The molecule has 0 radical (unpaired) electrons. The van der Waals surface area contributed by atoms with E-state index in [-0.39, 0.29) is 15.6 Å². The van der Waals surface area contributed by atoms with Crippen LogP contribution in [0.15, 0.2) is 46.9 Å². The van der Waals surface area contributed by atoms with Gasteiger partial charge in [0.05, 0.1) is 10.5 Å². The van der Waals surface area contributed by atoms with Gasteiger partial charge in [0.15, 0.2) is 5.78 Å². The zero-order chi connectivity index (χ0) is 14.7. The number of benzene rings is 2. The quantitative estimate of drug-likeness (QED) is 0.788. The fourth-order valence-electron chi connectivity index (χ4n) is 1.82. The van der Waals surface area contributed by atoms with Crippen LogP contribution in [0.25, 0.3) is 0 Å². The van der Waals surface area contributed by atoms with E-state index in [0.29, 0.717) is 0 Å². The van der Waals surface area contributed by atoms with Crippen molar-refractivity contribution < 1.29 is 13.6 Å². The van der Waals surface area contributed by atoms with Crippen molar-refractivity contribution in [1.29, 1.82) is 5.26 Å². The van der Waals surface area contributed by atoms with Gasteiger partial charge in [-0.15, -0.1) is 0 Å². The smallest absolute Gasteiger partial charge is 0.185 e. The Labute approximate surface area is 122 Å². The van der Waals surface area contributed by atoms with Crippen LogP contribution in [-0.4, -0.2) is 5.78 Å². The molecule has 0 spiro atoms. The first-order valence-corrected chi connectivity index (χ1v) is 6.47. The molecule has 2 nitrogen and oxygen atoms in total. The fraction of sp³-hybridized carbons (Fsp3) is 0.0667. The maximum Gasteiger partial charge on any atom is 0.185 e. The molecule has 0 saturated carbocycles. The molecular formula is C15H8BrF2NO. The predicted octanol–water partition coefficient (Wildman–Crippen LogP) is 4.22. The third-order valence-electron chi connectivity index (χ3n) is 2.79. The van der Waals surface area contributed by atoms with Crippen LogP contribution in [0.4, 0.5) is 8.78 Å². The second-order valence-corrected chi connectivity index (χ2v) is 4.88. The summed E-state index contributed by atoms with van der Waals surface area (Å²) in [6.45, 7) is 0. The van der Waals surface area contributed by atoms with Crippen molar-refractivity contribution in [3.8, 4) is 6.07 Å². The summed E-state index contributed by atoms with van der Waals surface area (Å²) in [7, 11) is 0. The minimum absolute atomic E-state index is 0.00153. The Kier molecular flexibility index (Phi) is 4.26. The molecule has 1 atom stereocenters. The molecule has 20 heavy (non-hydrogen) atoms. The van der Waals surface area contributed by atoms with E-state index in [1.165, 1.54) is 36.4 Å². The van der Waals surface area contributed by atoms with Gasteiger partial charge in [0, 0.05) is 5.56 Å². The van der Waals surface area contributed by atoms with Crippen molar-refractivity contribution in [2.75, 3.05) is 0 Å². The van der Waals surface area contributed by atoms with E-state index < -0.39 is 23.3 Å². The van der Waals surface area contributed by atoms with Crippen LogP contribution >= 0.6 is 15.9 Å². The number of hydrogen-bond acceptors (Lipinski definition) is 2. The molecule has 5 heteroatoms. The fourth-order valence-corrected chi connectivity index (χ4v) is 2.28. The van der Waals surface area contributed by atoms with E-state index in [9.17, 15) is 13.6 Å². The van der Waals surface area contributed by atoms with E-state index in [0.717, 1.165) is 6.07 Å². The van der Waals surface area contributed by atoms with Crippen LogP contribution in [0, 0.1) is 23.0 Å². The maximum absolute atomic E-state index is 13.4. The number of halogens is 3. The molecule has 100 valence electrons. The number of ketones is 1. The molecule has 2 aromatic rings. The Morgan fingerprint density at radius 3 is 2.55 bits per heavy atom. The molecule has 2 rings (SSSR count). The highest BCUT2D eigenvalue weighted by Gasteiger charge is 2.24. The number of carbonyl (C=O) groups is 1. The maximum atomic E-state index is 13.4. The van der Waals surface area contributed by atoms with Crippen LogP contribution in [0.3, 0.4) is 0 Å². The van der Waals surface area contributed by atoms with Crippen LogP contribution in [0.5, 0.6) is 0 Å². The lowest BCUT2D eigenvalue weighted by Gasteiger charge is -2.10. The molecule has 0 saturated heterocycles. The first-order valence-electron chi connectivity index (χ1n) is 5.68. The van der Waals surface area contributed by atoms with E-state index in [1.807, 2.05) is 6.07 Å². The van der Waals surface area contributed by atoms with Crippen LogP contribution in [-0.2, 0) is 0 Å². The lowest BCUT2D eigenvalue weighted by molar-refractivity contribution is 0.0977. The van der Waals surface area contributed by atoms with Gasteiger partial charge in [-0.2, -0.15) is 5.26 Å². The van der Waals surface area contributed by atoms with Gasteiger partial charge in [-0.25, -0.2) is 8.78 Å². The van der Waals surface area contributed by atoms with Crippen molar-refractivity contribution in [2.45, 2.75) is 5.92 Å². The van der Waals surface area contributed by atoms with Gasteiger partial charge in [-0.05, 0) is 45.8 Å². The Morgan fingerprint density at radius 1 is 1.20 bits per heavy atom. The van der Waals surface area contributed by atoms with E-state index >= 15 is 0 Å². The largest absolute Gasteiger partial charge is 0.292 e. The second-order valence-electron chi connectivity index (χ2n) is 4.08. The first-order chi connectivity index (χ1) is 9.54. The second kappa shape index (κ2) is 5.93. The minimum Gasteiger partial charge on any atom is -0.292 e.